The summed E-state index contributed by atoms with van der Waals surface area (Å²) >= 11 is 0. The quantitative estimate of drug-likeness (QED) is 0.893. The van der Waals surface area contributed by atoms with Gasteiger partial charge in [-0.05, 0) is 38.5 Å². The number of aromatic nitrogens is 2. The van der Waals surface area contributed by atoms with Crippen molar-refractivity contribution in [1.29, 1.82) is 0 Å². The minimum Gasteiger partial charge on any atom is -0.340 e. The van der Waals surface area contributed by atoms with Gasteiger partial charge in [-0.1, -0.05) is 32.0 Å². The normalized spacial score (nSPS) is 15.3. The number of carbonyl (C=O) groups is 2. The topological polar surface area (TPSA) is 88.3 Å². The van der Waals surface area contributed by atoms with E-state index in [-0.39, 0.29) is 17.2 Å². The molecule has 2 aromatic rings. The van der Waals surface area contributed by atoms with E-state index < -0.39 is 5.54 Å². The molecule has 0 atom stereocenters. The molecule has 0 saturated carbocycles. The lowest BCUT2D eigenvalue weighted by Gasteiger charge is -2.23. The van der Waals surface area contributed by atoms with Gasteiger partial charge < -0.3 is 14.7 Å². The maximum Gasteiger partial charge on any atom is 0.252 e. The lowest BCUT2D eigenvalue weighted by molar-refractivity contribution is -0.117. The van der Waals surface area contributed by atoms with Crippen molar-refractivity contribution in [2.45, 2.75) is 58.4 Å². The molecule has 144 valence electrons. The first-order chi connectivity index (χ1) is 12.6. The molecule has 3 rings (SSSR count). The zero-order valence-corrected chi connectivity index (χ0v) is 16.5. The molecule has 1 saturated heterocycles. The fourth-order valence-corrected chi connectivity index (χ4v) is 2.93. The van der Waals surface area contributed by atoms with Crippen molar-refractivity contribution in [1.82, 2.24) is 15.5 Å². The van der Waals surface area contributed by atoms with E-state index in [1.807, 2.05) is 40.7 Å². The van der Waals surface area contributed by atoms with Crippen LogP contribution in [0.5, 0.6) is 0 Å². The van der Waals surface area contributed by atoms with Gasteiger partial charge >= 0.3 is 0 Å². The van der Waals surface area contributed by atoms with E-state index in [0.29, 0.717) is 30.2 Å². The molecule has 1 aliphatic heterocycles. The average Bonchev–Trinajstić information content (AvgIpc) is 3.23. The molecule has 7 nitrogen and oxygen atoms in total. The summed E-state index contributed by atoms with van der Waals surface area (Å²) in [5.41, 5.74) is 0.170. The monoisotopic (exact) mass is 370 g/mol. The molecular formula is C20H26N4O3. The molecule has 27 heavy (non-hydrogen) atoms. The molecule has 1 aromatic carbocycles. The van der Waals surface area contributed by atoms with Crippen LogP contribution in [0.15, 0.2) is 28.8 Å². The minimum atomic E-state index is -0.802. The molecule has 2 heterocycles. The summed E-state index contributed by atoms with van der Waals surface area (Å²) in [6.07, 6.45) is 1.40. The number of rotatable bonds is 4. The Morgan fingerprint density at radius 3 is 2.56 bits per heavy atom. The Morgan fingerprint density at radius 1 is 1.22 bits per heavy atom. The van der Waals surface area contributed by atoms with Crippen molar-refractivity contribution < 1.29 is 14.1 Å². The molecular weight excluding hydrogens is 344 g/mol. The number of carbonyl (C=O) groups excluding carboxylic acids is 2. The molecule has 0 radical (unpaired) electrons. The summed E-state index contributed by atoms with van der Waals surface area (Å²) in [6.45, 7) is 10.3. The predicted octanol–water partition coefficient (Wildman–Crippen LogP) is 3.16. The van der Waals surface area contributed by atoms with Crippen LogP contribution in [0.1, 0.15) is 69.5 Å². The summed E-state index contributed by atoms with van der Waals surface area (Å²) in [5, 5.41) is 6.99. The van der Waals surface area contributed by atoms with E-state index in [0.717, 1.165) is 12.1 Å². The van der Waals surface area contributed by atoms with Crippen LogP contribution < -0.4 is 10.2 Å². The van der Waals surface area contributed by atoms with E-state index >= 15 is 0 Å². The Hall–Kier alpha value is -2.70. The smallest absolute Gasteiger partial charge is 0.252 e. The number of nitrogens with one attached hydrogen (secondary N) is 1. The lowest BCUT2D eigenvalue weighted by atomic mass is 9.96. The van der Waals surface area contributed by atoms with Crippen molar-refractivity contribution in [3.63, 3.8) is 0 Å². The van der Waals surface area contributed by atoms with Crippen LogP contribution in [-0.2, 0) is 15.7 Å². The first-order valence-electron chi connectivity index (χ1n) is 9.15. The number of hydrogen-bond donors (Lipinski definition) is 1. The first kappa shape index (κ1) is 19.1. The van der Waals surface area contributed by atoms with Gasteiger partial charge in [0.1, 0.15) is 0 Å². The second-order valence-electron chi connectivity index (χ2n) is 8.45. The number of amides is 2. The molecule has 1 aliphatic rings. The largest absolute Gasteiger partial charge is 0.340 e. The van der Waals surface area contributed by atoms with Gasteiger partial charge in [0.25, 0.3) is 5.91 Å². The highest BCUT2D eigenvalue weighted by molar-refractivity contribution is 5.99. The van der Waals surface area contributed by atoms with Gasteiger partial charge in [-0.15, -0.1) is 0 Å². The second kappa shape index (κ2) is 6.79. The molecule has 1 N–H and O–H groups in total. The Labute approximate surface area is 159 Å². The van der Waals surface area contributed by atoms with Gasteiger partial charge in [0.15, 0.2) is 5.82 Å². The SMILES string of the molecule is CC(C)(C)c1nc(C(C)(C)NC(=O)c2cccc(N3CCCC3=O)c2)no1. The zero-order chi connectivity index (χ0) is 19.8. The van der Waals surface area contributed by atoms with Crippen LogP contribution in [0.2, 0.25) is 0 Å². The number of anilines is 1. The molecule has 7 heteroatoms. The van der Waals surface area contributed by atoms with Crippen molar-refractivity contribution >= 4 is 17.5 Å². The van der Waals surface area contributed by atoms with E-state index in [2.05, 4.69) is 15.5 Å². The third-order valence-electron chi connectivity index (χ3n) is 4.55. The van der Waals surface area contributed by atoms with Crippen molar-refractivity contribution in [3.05, 3.63) is 41.5 Å². The van der Waals surface area contributed by atoms with Gasteiger partial charge in [0.2, 0.25) is 11.8 Å². The Bertz CT molecular complexity index is 864. The molecule has 1 aromatic heterocycles. The Morgan fingerprint density at radius 2 is 1.96 bits per heavy atom. The van der Waals surface area contributed by atoms with Gasteiger partial charge in [-0.2, -0.15) is 4.98 Å². The Balaban J connectivity index is 1.78. The summed E-state index contributed by atoms with van der Waals surface area (Å²) in [7, 11) is 0. The highest BCUT2D eigenvalue weighted by atomic mass is 16.5. The predicted molar refractivity (Wildman–Crippen MR) is 102 cm³/mol. The molecule has 0 spiro atoms. The third kappa shape index (κ3) is 4.02. The highest BCUT2D eigenvalue weighted by Crippen LogP contribution is 2.25. The molecule has 0 bridgehead atoms. The highest BCUT2D eigenvalue weighted by Gasteiger charge is 2.32. The zero-order valence-electron chi connectivity index (χ0n) is 16.5. The standard InChI is InChI=1S/C20H26N4O3/c1-19(2,3)18-21-17(23-27-18)20(4,5)22-16(26)13-8-6-9-14(12-13)24-11-7-10-15(24)25/h6,8-9,12H,7,10-11H2,1-5H3,(H,22,26). The van der Waals surface area contributed by atoms with Crippen molar-refractivity contribution in [3.8, 4) is 0 Å². The van der Waals surface area contributed by atoms with Crippen LogP contribution in [0.4, 0.5) is 5.69 Å². The van der Waals surface area contributed by atoms with Crippen molar-refractivity contribution in [2.75, 3.05) is 11.4 Å². The molecule has 2 amide bonds. The van der Waals surface area contributed by atoms with Gasteiger partial charge in [-0.3, -0.25) is 9.59 Å². The van der Waals surface area contributed by atoms with E-state index in [1.165, 1.54) is 0 Å². The van der Waals surface area contributed by atoms with Crippen LogP contribution in [0.25, 0.3) is 0 Å². The van der Waals surface area contributed by atoms with Crippen molar-refractivity contribution in [2.24, 2.45) is 0 Å². The van der Waals surface area contributed by atoms with Gasteiger partial charge in [0, 0.05) is 29.6 Å². The summed E-state index contributed by atoms with van der Waals surface area (Å²) in [5.74, 6) is 0.783. The molecule has 1 fully saturated rings. The van der Waals surface area contributed by atoms with Crippen LogP contribution in [0, 0.1) is 0 Å². The molecule has 0 aliphatic carbocycles. The van der Waals surface area contributed by atoms with Gasteiger partial charge in [-0.25, -0.2) is 0 Å². The summed E-state index contributed by atoms with van der Waals surface area (Å²) < 4.78 is 5.34. The van der Waals surface area contributed by atoms with Crippen LogP contribution in [-0.4, -0.2) is 28.5 Å². The minimum absolute atomic E-state index is 0.0920. The lowest BCUT2D eigenvalue weighted by Crippen LogP contribution is -2.42. The number of benzene rings is 1. The maximum absolute atomic E-state index is 12.8. The summed E-state index contributed by atoms with van der Waals surface area (Å²) in [4.78, 5) is 30.9. The maximum atomic E-state index is 12.8. The number of hydrogen-bond acceptors (Lipinski definition) is 5. The Kier molecular flexibility index (Phi) is 4.80. The molecule has 0 unspecified atom stereocenters. The van der Waals surface area contributed by atoms with E-state index in [4.69, 9.17) is 4.52 Å². The van der Waals surface area contributed by atoms with E-state index in [1.54, 1.807) is 23.1 Å². The fraction of sp³-hybridized carbons (Fsp3) is 0.500. The first-order valence-corrected chi connectivity index (χ1v) is 9.15. The van der Waals surface area contributed by atoms with Gasteiger partial charge in [0.05, 0.1) is 5.54 Å². The van der Waals surface area contributed by atoms with Crippen LogP contribution >= 0.6 is 0 Å². The van der Waals surface area contributed by atoms with E-state index in [9.17, 15) is 9.59 Å². The average molecular weight is 370 g/mol. The summed E-state index contributed by atoms with van der Waals surface area (Å²) in [6, 6.07) is 7.10. The third-order valence-corrected chi connectivity index (χ3v) is 4.55. The fourth-order valence-electron chi connectivity index (χ4n) is 2.93. The second-order valence-corrected chi connectivity index (χ2v) is 8.45. The number of nitrogens with zero attached hydrogens (tertiary/aromatic N) is 3. The van der Waals surface area contributed by atoms with Crippen LogP contribution in [0.3, 0.4) is 0 Å².